The van der Waals surface area contributed by atoms with Gasteiger partial charge in [0.2, 0.25) is 0 Å². The average molecular weight is 154 g/mol. The van der Waals surface area contributed by atoms with E-state index in [0.29, 0.717) is 5.92 Å². The number of halogens is 1. The second kappa shape index (κ2) is 4.06. The van der Waals surface area contributed by atoms with Crippen LogP contribution in [0.2, 0.25) is 0 Å². The van der Waals surface area contributed by atoms with Crippen LogP contribution in [0, 0.1) is 5.92 Å². The van der Waals surface area contributed by atoms with Gasteiger partial charge in [-0.2, -0.15) is 0 Å². The Labute approximate surface area is 60.5 Å². The van der Waals surface area contributed by atoms with E-state index in [-0.39, 0.29) is 31.7 Å². The summed E-state index contributed by atoms with van der Waals surface area (Å²) in [4.78, 5) is 0. The molecule has 56 valence electrons. The first-order chi connectivity index (χ1) is 3.88. The van der Waals surface area contributed by atoms with E-state index in [1.165, 1.54) is 0 Å². The number of aliphatic hydroxyl groups excluding tert-OH is 2. The smallest absolute Gasteiger partial charge is 0.0588 e. The van der Waals surface area contributed by atoms with Crippen LogP contribution in [0.5, 0.6) is 0 Å². The summed E-state index contributed by atoms with van der Waals surface area (Å²) in [6.45, 7) is 1.19. The van der Waals surface area contributed by atoms with Gasteiger partial charge in [-0.1, -0.05) is 0 Å². The van der Waals surface area contributed by atoms with Gasteiger partial charge in [-0.15, -0.1) is 12.4 Å². The number of rotatable bonds is 2. The van der Waals surface area contributed by atoms with Gasteiger partial charge in [-0.05, 0) is 0 Å². The fourth-order valence-electron chi connectivity index (χ4n) is 0.857. The van der Waals surface area contributed by atoms with E-state index in [1.54, 1.807) is 0 Å². The molecule has 0 amide bonds. The zero-order valence-corrected chi connectivity index (χ0v) is 5.90. The van der Waals surface area contributed by atoms with Gasteiger partial charge in [-0.25, -0.2) is 0 Å². The molecule has 1 saturated heterocycles. The van der Waals surface area contributed by atoms with Crippen molar-refractivity contribution >= 4 is 12.4 Å². The molecule has 4 heteroatoms. The van der Waals surface area contributed by atoms with Crippen LogP contribution in [0.25, 0.3) is 0 Å². The predicted molar refractivity (Wildman–Crippen MR) is 36.7 cm³/mol. The van der Waals surface area contributed by atoms with Gasteiger partial charge in [0, 0.05) is 25.1 Å². The van der Waals surface area contributed by atoms with Crippen molar-refractivity contribution in [1.29, 1.82) is 0 Å². The van der Waals surface area contributed by atoms with Gasteiger partial charge in [-0.3, -0.25) is 0 Å². The van der Waals surface area contributed by atoms with E-state index in [4.69, 9.17) is 10.2 Å². The molecule has 0 aliphatic carbocycles. The van der Waals surface area contributed by atoms with Crippen molar-refractivity contribution in [3.63, 3.8) is 0 Å². The Hall–Kier alpha value is 0.170. The lowest BCUT2D eigenvalue weighted by Gasteiger charge is -2.35. The Morgan fingerprint density at radius 2 is 2.00 bits per heavy atom. The number of hydrogen-bond donors (Lipinski definition) is 3. The lowest BCUT2D eigenvalue weighted by Crippen LogP contribution is -2.56. The highest BCUT2D eigenvalue weighted by Crippen LogP contribution is 2.10. The third-order valence-corrected chi connectivity index (χ3v) is 1.64. The van der Waals surface area contributed by atoms with Crippen molar-refractivity contribution in [2.24, 2.45) is 5.92 Å². The van der Waals surface area contributed by atoms with Crippen molar-refractivity contribution in [3.05, 3.63) is 0 Å². The highest BCUT2D eigenvalue weighted by molar-refractivity contribution is 5.85. The SMILES string of the molecule is Cl.OC[C@H]1CN[C@@H]1CO. The summed E-state index contributed by atoms with van der Waals surface area (Å²) >= 11 is 0. The molecule has 1 aliphatic rings. The third-order valence-electron chi connectivity index (χ3n) is 1.64. The summed E-state index contributed by atoms with van der Waals surface area (Å²) in [5.74, 6) is 0.292. The molecule has 9 heavy (non-hydrogen) atoms. The van der Waals surface area contributed by atoms with E-state index in [2.05, 4.69) is 5.32 Å². The van der Waals surface area contributed by atoms with Crippen LogP contribution in [-0.2, 0) is 0 Å². The topological polar surface area (TPSA) is 52.5 Å². The molecule has 3 N–H and O–H groups in total. The summed E-state index contributed by atoms with van der Waals surface area (Å²) in [6.07, 6.45) is 0. The molecule has 1 aliphatic heterocycles. The third kappa shape index (κ3) is 1.79. The predicted octanol–water partition coefficient (Wildman–Crippen LogP) is -1.02. The van der Waals surface area contributed by atoms with Crippen LogP contribution in [0.15, 0.2) is 0 Å². The molecule has 2 atom stereocenters. The first-order valence-corrected chi connectivity index (χ1v) is 2.83. The van der Waals surface area contributed by atoms with E-state index >= 15 is 0 Å². The van der Waals surface area contributed by atoms with Crippen molar-refractivity contribution in [1.82, 2.24) is 5.32 Å². The molecule has 0 radical (unpaired) electrons. The van der Waals surface area contributed by atoms with Gasteiger partial charge in [0.1, 0.15) is 0 Å². The van der Waals surface area contributed by atoms with Crippen molar-refractivity contribution < 1.29 is 10.2 Å². The summed E-state index contributed by atoms with van der Waals surface area (Å²) in [5, 5.41) is 20.0. The first-order valence-electron chi connectivity index (χ1n) is 2.83. The van der Waals surface area contributed by atoms with Crippen LogP contribution < -0.4 is 5.32 Å². The summed E-state index contributed by atoms with van der Waals surface area (Å²) < 4.78 is 0. The zero-order chi connectivity index (χ0) is 5.98. The molecular weight excluding hydrogens is 142 g/mol. The normalized spacial score (nSPS) is 32.7. The van der Waals surface area contributed by atoms with E-state index in [1.807, 2.05) is 0 Å². The molecular formula is C5H12ClNO2. The Bertz CT molecular complexity index is 67.4. The van der Waals surface area contributed by atoms with Crippen molar-refractivity contribution in [3.8, 4) is 0 Å². The highest BCUT2D eigenvalue weighted by atomic mass is 35.5. The summed E-state index contributed by atoms with van der Waals surface area (Å²) in [6, 6.07) is 0.153. The summed E-state index contributed by atoms with van der Waals surface area (Å²) in [7, 11) is 0. The molecule has 0 saturated carbocycles. The first kappa shape index (κ1) is 9.17. The Morgan fingerprint density at radius 1 is 1.33 bits per heavy atom. The van der Waals surface area contributed by atoms with E-state index < -0.39 is 0 Å². The average Bonchev–Trinajstić information content (AvgIpc) is 1.66. The molecule has 3 nitrogen and oxygen atoms in total. The molecule has 0 aromatic rings. The maximum atomic E-state index is 8.54. The Balaban J connectivity index is 0.000000640. The lowest BCUT2D eigenvalue weighted by atomic mass is 9.94. The molecule has 1 rings (SSSR count). The van der Waals surface area contributed by atoms with Crippen molar-refractivity contribution in [2.75, 3.05) is 19.8 Å². The Morgan fingerprint density at radius 3 is 2.11 bits per heavy atom. The minimum Gasteiger partial charge on any atom is -0.396 e. The fraction of sp³-hybridized carbons (Fsp3) is 1.00. The Kier molecular flexibility index (Phi) is 4.14. The minimum absolute atomic E-state index is 0. The van der Waals surface area contributed by atoms with Crippen LogP contribution >= 0.6 is 12.4 Å². The van der Waals surface area contributed by atoms with Gasteiger partial charge >= 0.3 is 0 Å². The van der Waals surface area contributed by atoms with Gasteiger partial charge in [0.15, 0.2) is 0 Å². The molecule has 0 aromatic carbocycles. The van der Waals surface area contributed by atoms with Crippen LogP contribution in [0.4, 0.5) is 0 Å². The van der Waals surface area contributed by atoms with Gasteiger partial charge in [0.05, 0.1) is 6.61 Å². The standard InChI is InChI=1S/C5H11NO2.ClH/c7-2-4-1-6-5(4)3-8;/h4-8H,1-3H2;1H/t4-,5-;/m1./s1. The number of aliphatic hydroxyl groups is 2. The van der Waals surface area contributed by atoms with Gasteiger partial charge < -0.3 is 15.5 Å². The van der Waals surface area contributed by atoms with Gasteiger partial charge in [0.25, 0.3) is 0 Å². The fourth-order valence-corrected chi connectivity index (χ4v) is 0.857. The second-order valence-corrected chi connectivity index (χ2v) is 2.14. The van der Waals surface area contributed by atoms with Crippen LogP contribution in [-0.4, -0.2) is 36.0 Å². The second-order valence-electron chi connectivity index (χ2n) is 2.14. The molecule has 0 bridgehead atoms. The molecule has 0 unspecified atom stereocenters. The molecule has 0 aromatic heterocycles. The van der Waals surface area contributed by atoms with E-state index in [0.717, 1.165) is 6.54 Å². The quantitative estimate of drug-likeness (QED) is 0.476. The van der Waals surface area contributed by atoms with Crippen LogP contribution in [0.3, 0.4) is 0 Å². The number of nitrogens with one attached hydrogen (secondary N) is 1. The maximum absolute atomic E-state index is 8.54. The minimum atomic E-state index is 0. The maximum Gasteiger partial charge on any atom is 0.0588 e. The lowest BCUT2D eigenvalue weighted by molar-refractivity contribution is 0.0841. The number of hydrogen-bond acceptors (Lipinski definition) is 3. The zero-order valence-electron chi connectivity index (χ0n) is 5.08. The van der Waals surface area contributed by atoms with Crippen molar-refractivity contribution in [2.45, 2.75) is 6.04 Å². The largest absolute Gasteiger partial charge is 0.396 e. The molecule has 1 heterocycles. The van der Waals surface area contributed by atoms with E-state index in [9.17, 15) is 0 Å². The molecule has 1 fully saturated rings. The monoisotopic (exact) mass is 153 g/mol. The van der Waals surface area contributed by atoms with Crippen LogP contribution in [0.1, 0.15) is 0 Å². The highest BCUT2D eigenvalue weighted by Gasteiger charge is 2.27. The molecule has 0 spiro atoms. The summed E-state index contributed by atoms with van der Waals surface area (Å²) in [5.41, 5.74) is 0.